The molecule has 1 atom stereocenters. The summed E-state index contributed by atoms with van der Waals surface area (Å²) in [5.41, 5.74) is 3.71. The van der Waals surface area contributed by atoms with Crippen molar-refractivity contribution >= 4 is 44.0 Å². The second-order valence-corrected chi connectivity index (χ2v) is 22.7. The van der Waals surface area contributed by atoms with E-state index in [9.17, 15) is 32.8 Å². The molecule has 3 aromatic heterocycles. The van der Waals surface area contributed by atoms with E-state index in [1.807, 2.05) is 12.1 Å². The van der Waals surface area contributed by atoms with E-state index in [0.717, 1.165) is 88.1 Å². The molecule has 0 radical (unpaired) electrons. The first-order valence-electron chi connectivity index (χ1n) is 25.0. The summed E-state index contributed by atoms with van der Waals surface area (Å²) in [5, 5.41) is 25.8. The van der Waals surface area contributed by atoms with Gasteiger partial charge in [0, 0.05) is 87.3 Å². The number of nitro groups is 1. The van der Waals surface area contributed by atoms with Crippen LogP contribution in [0.4, 0.5) is 21.5 Å². The summed E-state index contributed by atoms with van der Waals surface area (Å²) >= 11 is 0. The average Bonchev–Trinajstić information content (AvgIpc) is 3.72. The number of aromatic nitrogens is 3. The first kappa shape index (κ1) is 49.9. The fraction of sp³-hybridized carbons (Fsp3) is 0.426. The van der Waals surface area contributed by atoms with E-state index in [-0.39, 0.29) is 45.5 Å². The first-order chi connectivity index (χ1) is 34.9. The van der Waals surface area contributed by atoms with Crippen LogP contribution in [0.1, 0.15) is 98.4 Å². The minimum atomic E-state index is -4.64. The number of halogens is 1. The topological polar surface area (TPSA) is 208 Å². The fourth-order valence-electron chi connectivity index (χ4n) is 11.4. The number of H-pyrrole nitrogens is 1. The van der Waals surface area contributed by atoms with E-state index in [4.69, 9.17) is 9.47 Å². The number of rotatable bonds is 16. The molecule has 1 amide bonds. The molecule has 17 nitrogen and oxygen atoms in total. The van der Waals surface area contributed by atoms with Gasteiger partial charge in [0.25, 0.3) is 21.6 Å². The van der Waals surface area contributed by atoms with Crippen LogP contribution in [0.5, 0.6) is 17.2 Å². The van der Waals surface area contributed by atoms with E-state index < -0.39 is 42.9 Å². The number of ether oxygens (including phenoxy) is 2. The Morgan fingerprint density at radius 2 is 1.77 bits per heavy atom. The van der Waals surface area contributed by atoms with Gasteiger partial charge in [-0.2, -0.15) is 0 Å². The highest BCUT2D eigenvalue weighted by atomic mass is 32.2. The number of methoxy groups -OCH3 is 1. The Labute approximate surface area is 424 Å². The number of sulfonamides is 1. The molecule has 3 aromatic carbocycles. The summed E-state index contributed by atoms with van der Waals surface area (Å²) in [6.07, 6.45) is 9.10. The molecule has 2 saturated carbocycles. The monoisotopic (exact) mass is 1020 g/mol. The summed E-state index contributed by atoms with van der Waals surface area (Å²) in [5.74, 6) is -0.156. The number of carbonyl (C=O) groups is 1. The minimum absolute atomic E-state index is 0.0128. The van der Waals surface area contributed by atoms with Gasteiger partial charge in [-0.1, -0.05) is 38.1 Å². The predicted molar refractivity (Wildman–Crippen MR) is 275 cm³/mol. The van der Waals surface area contributed by atoms with E-state index >= 15 is 0 Å². The van der Waals surface area contributed by atoms with Crippen LogP contribution in [0.25, 0.3) is 11.0 Å². The number of aromatic amines is 1. The first-order valence-corrected chi connectivity index (χ1v) is 26.5. The van der Waals surface area contributed by atoms with Gasteiger partial charge in [-0.3, -0.25) is 29.7 Å². The van der Waals surface area contributed by atoms with Crippen molar-refractivity contribution in [1.82, 2.24) is 29.5 Å². The van der Waals surface area contributed by atoms with E-state index in [1.54, 1.807) is 32.4 Å². The van der Waals surface area contributed by atoms with Gasteiger partial charge in [-0.05, 0) is 111 Å². The Morgan fingerprint density at radius 1 is 1.00 bits per heavy atom. The van der Waals surface area contributed by atoms with Crippen molar-refractivity contribution in [2.24, 2.45) is 11.3 Å². The number of aliphatic hydroxyl groups is 1. The number of amides is 1. The molecule has 1 spiro atoms. The number of benzene rings is 3. The second-order valence-electron chi connectivity index (χ2n) is 21.1. The van der Waals surface area contributed by atoms with Gasteiger partial charge in [0.05, 0.1) is 51.6 Å². The Hall–Kier alpha value is -6.67. The Morgan fingerprint density at radius 3 is 2.49 bits per heavy atom. The van der Waals surface area contributed by atoms with Crippen molar-refractivity contribution < 1.29 is 37.1 Å². The lowest BCUT2D eigenvalue weighted by Crippen LogP contribution is -2.68. The van der Waals surface area contributed by atoms with Crippen LogP contribution < -0.4 is 24.4 Å². The van der Waals surface area contributed by atoms with Crippen LogP contribution >= 0.6 is 0 Å². The molecule has 4 aliphatic rings. The Bertz CT molecular complexity index is 3130. The molecule has 6 aromatic rings. The zero-order chi connectivity index (χ0) is 51.2. The number of anilines is 2. The van der Waals surface area contributed by atoms with Gasteiger partial charge in [0.15, 0.2) is 0 Å². The summed E-state index contributed by atoms with van der Waals surface area (Å²) in [4.78, 5) is 44.3. The summed E-state index contributed by atoms with van der Waals surface area (Å²) in [7, 11) is -3.00. The third-order valence-electron chi connectivity index (χ3n) is 15.5. The van der Waals surface area contributed by atoms with Crippen LogP contribution in [0, 0.1) is 27.3 Å². The van der Waals surface area contributed by atoms with Gasteiger partial charge in [0.2, 0.25) is 0 Å². The molecule has 384 valence electrons. The molecule has 2 saturated heterocycles. The van der Waals surface area contributed by atoms with E-state index in [0.29, 0.717) is 37.0 Å². The number of nitrogens with one attached hydrogen (secondary N) is 3. The lowest BCUT2D eigenvalue weighted by Gasteiger charge is -2.63. The van der Waals surface area contributed by atoms with Crippen LogP contribution in [0.3, 0.4) is 0 Å². The Balaban J connectivity index is 0.847. The highest BCUT2D eigenvalue weighted by Crippen LogP contribution is 2.54. The zero-order valence-electron chi connectivity index (χ0n) is 41.5. The Kier molecular flexibility index (Phi) is 13.7. The number of fused-ring (bicyclic) bond motifs is 1. The number of nitrogens with zero attached hydrogens (tertiary/aromatic N) is 6. The quantitative estimate of drug-likeness (QED) is 0.0528. The van der Waals surface area contributed by atoms with Gasteiger partial charge < -0.3 is 29.8 Å². The van der Waals surface area contributed by atoms with Crippen molar-refractivity contribution in [2.75, 3.05) is 56.6 Å². The van der Waals surface area contributed by atoms with Crippen LogP contribution in [-0.2, 0) is 16.6 Å². The number of carbonyl (C=O) groups excluding carboxylic acids is 1. The molecular formula is C54H62FN9O8S. The van der Waals surface area contributed by atoms with Crippen molar-refractivity contribution in [3.8, 4) is 17.2 Å². The highest BCUT2D eigenvalue weighted by molar-refractivity contribution is 7.90. The summed E-state index contributed by atoms with van der Waals surface area (Å²) in [6.45, 7) is 11.7. The second kappa shape index (κ2) is 20.0. The van der Waals surface area contributed by atoms with Gasteiger partial charge in [-0.15, -0.1) is 0 Å². The number of nitro benzene ring substituents is 1. The van der Waals surface area contributed by atoms with Crippen molar-refractivity contribution in [3.05, 3.63) is 136 Å². The smallest absolute Gasteiger partial charge is 0.293 e. The molecule has 0 bridgehead atoms. The summed E-state index contributed by atoms with van der Waals surface area (Å²) in [6, 6.07) is 23.2. The molecule has 5 heterocycles. The van der Waals surface area contributed by atoms with Crippen LogP contribution in [-0.4, -0.2) is 107 Å². The maximum absolute atomic E-state index is 14.7. The molecule has 73 heavy (non-hydrogen) atoms. The lowest BCUT2D eigenvalue weighted by atomic mass is 9.59. The molecule has 0 unspecified atom stereocenters. The van der Waals surface area contributed by atoms with E-state index in [2.05, 4.69) is 77.8 Å². The maximum Gasteiger partial charge on any atom is 0.293 e. The number of hydrogen-bond acceptors (Lipinski definition) is 14. The molecular weight excluding hydrogens is 954 g/mol. The lowest BCUT2D eigenvalue weighted by molar-refractivity contribution is -0.384. The molecule has 19 heteroatoms. The normalized spacial score (nSPS) is 21.4. The van der Waals surface area contributed by atoms with Crippen molar-refractivity contribution in [2.45, 2.75) is 94.3 Å². The zero-order valence-corrected chi connectivity index (χ0v) is 42.3. The van der Waals surface area contributed by atoms with Gasteiger partial charge in [-0.25, -0.2) is 22.5 Å². The summed E-state index contributed by atoms with van der Waals surface area (Å²) < 4.78 is 56.0. The van der Waals surface area contributed by atoms with Gasteiger partial charge >= 0.3 is 0 Å². The van der Waals surface area contributed by atoms with Crippen LogP contribution in [0.2, 0.25) is 0 Å². The standard InChI is InChI=1S/C54H62FN9O8S/c1-34(2)42-7-5-6-8-43(42)49-31-61(30-36-9-11-39(71-4)27-56-36)19-20-63(49)38-24-54(25-38)32-62(33-54)37-10-13-44(50(21-37)72-40-22-45-46(55)29-59-51(45)58-28-40)52(65)60-73(69,70)41-12-14-47(48(23-41)64(67)68)57-26-35-15-17-53(3,66)18-16-35/h5-14,21-23,27-29,34-35,38,49,57,66H,15-20,24-26,30-33H2,1-4H3,(H,58,59)(H,60,65)/t35?,49-,53?/m0/s1. The van der Waals surface area contributed by atoms with Crippen LogP contribution in [0.15, 0.2) is 102 Å². The largest absolute Gasteiger partial charge is 0.495 e. The number of pyridine rings is 2. The number of piperazine rings is 1. The third-order valence-corrected chi connectivity index (χ3v) is 16.8. The molecule has 4 fully saturated rings. The van der Waals surface area contributed by atoms with E-state index in [1.165, 1.54) is 47.8 Å². The molecule has 2 aliphatic carbocycles. The maximum atomic E-state index is 14.7. The fourth-order valence-corrected chi connectivity index (χ4v) is 12.4. The average molecular weight is 1020 g/mol. The van der Waals surface area contributed by atoms with Crippen molar-refractivity contribution in [1.29, 1.82) is 0 Å². The minimum Gasteiger partial charge on any atom is -0.495 e. The third kappa shape index (κ3) is 10.6. The molecule has 10 rings (SSSR count). The number of hydrogen-bond donors (Lipinski definition) is 4. The highest BCUT2D eigenvalue weighted by Gasteiger charge is 2.55. The van der Waals surface area contributed by atoms with Gasteiger partial charge in [0.1, 0.15) is 34.4 Å². The molecule has 2 aliphatic heterocycles. The predicted octanol–water partition coefficient (Wildman–Crippen LogP) is 8.93. The van der Waals surface area contributed by atoms with Crippen molar-refractivity contribution in [3.63, 3.8) is 0 Å². The molecule has 4 N–H and O–H groups in total. The SMILES string of the molecule is COc1ccc(CN2CCN(C3CC4(C3)CN(c3ccc(C(=O)NS(=O)(=O)c5ccc(NCC6CCC(C)(O)CC6)c([N+](=O)[O-])c5)c(Oc5cnc6[nH]cc(F)c6c5)c3)C4)[C@H](c3ccccc3C(C)C)C2)nc1.